The molecular formula is C20H24N4O2. The van der Waals surface area contributed by atoms with Crippen LogP contribution in [0.25, 0.3) is 6.08 Å². The van der Waals surface area contributed by atoms with Gasteiger partial charge in [0.2, 0.25) is 11.8 Å². The van der Waals surface area contributed by atoms with Crippen LogP contribution >= 0.6 is 0 Å². The summed E-state index contributed by atoms with van der Waals surface area (Å²) in [6.45, 7) is 3.45. The number of hydrogen-bond acceptors (Lipinski definition) is 4. The topological polar surface area (TPSA) is 88.3 Å². The second-order valence-electron chi connectivity index (χ2n) is 7.55. The highest BCUT2D eigenvalue weighted by atomic mass is 16.2. The summed E-state index contributed by atoms with van der Waals surface area (Å²) in [5, 5.41) is 2.76. The molecule has 1 fully saturated rings. The number of hydrogen-bond donors (Lipinski definition) is 2. The van der Waals surface area contributed by atoms with E-state index in [1.165, 1.54) is 5.57 Å². The number of carbonyl (C=O) groups is 2. The molecule has 2 unspecified atom stereocenters. The van der Waals surface area contributed by atoms with Crippen LogP contribution in [0.1, 0.15) is 37.3 Å². The Labute approximate surface area is 153 Å². The average Bonchev–Trinajstić information content (AvgIpc) is 3.11. The van der Waals surface area contributed by atoms with Crippen molar-refractivity contribution in [1.29, 1.82) is 0 Å². The molecule has 6 nitrogen and oxygen atoms in total. The summed E-state index contributed by atoms with van der Waals surface area (Å²) in [4.78, 5) is 30.1. The zero-order chi connectivity index (χ0) is 18.3. The van der Waals surface area contributed by atoms with Crippen molar-refractivity contribution >= 4 is 23.7 Å². The number of aromatic nitrogens is 1. The van der Waals surface area contributed by atoms with Gasteiger partial charge in [-0.05, 0) is 42.5 Å². The highest BCUT2D eigenvalue weighted by molar-refractivity contribution is 5.94. The van der Waals surface area contributed by atoms with Gasteiger partial charge in [-0.25, -0.2) is 4.98 Å². The Kier molecular flexibility index (Phi) is 4.15. The number of nitrogens with two attached hydrogens (primary N) is 1. The minimum atomic E-state index is -0.361. The van der Waals surface area contributed by atoms with Gasteiger partial charge in [0.15, 0.2) is 0 Å². The number of nitrogens with one attached hydrogen (secondary N) is 1. The fourth-order valence-corrected chi connectivity index (χ4v) is 4.19. The standard InChI is InChI=1S/C20H24N4O2/c1-2-13-8-16-11-24(12-20(16,21)9-13)18(26)6-3-14-7-15-4-5-17(25)23-19(15)22-10-14/h3,6-7,9-10,16H,2,4-5,8,11-12,21H2,1H3,(H,22,23,25)/b6-3+. The van der Waals surface area contributed by atoms with E-state index in [0.717, 1.165) is 24.0 Å². The smallest absolute Gasteiger partial charge is 0.246 e. The first-order chi connectivity index (χ1) is 12.5. The largest absolute Gasteiger partial charge is 0.337 e. The molecule has 1 aromatic heterocycles. The molecule has 3 N–H and O–H groups in total. The predicted octanol–water partition coefficient (Wildman–Crippen LogP) is 1.88. The van der Waals surface area contributed by atoms with Gasteiger partial charge < -0.3 is 16.0 Å². The number of pyridine rings is 1. The lowest BCUT2D eigenvalue weighted by atomic mass is 9.92. The lowest BCUT2D eigenvalue weighted by molar-refractivity contribution is -0.125. The first-order valence-electron chi connectivity index (χ1n) is 9.22. The van der Waals surface area contributed by atoms with Gasteiger partial charge in [0.05, 0.1) is 5.54 Å². The van der Waals surface area contributed by atoms with Crippen molar-refractivity contribution < 1.29 is 9.59 Å². The molecule has 4 rings (SSSR count). The van der Waals surface area contributed by atoms with E-state index in [4.69, 9.17) is 5.73 Å². The Morgan fingerprint density at radius 2 is 2.35 bits per heavy atom. The van der Waals surface area contributed by atoms with E-state index < -0.39 is 0 Å². The molecule has 3 aliphatic rings. The normalized spacial score (nSPS) is 27.3. The van der Waals surface area contributed by atoms with E-state index in [2.05, 4.69) is 23.3 Å². The Morgan fingerprint density at radius 1 is 1.50 bits per heavy atom. The molecule has 1 aromatic rings. The number of allylic oxidation sites excluding steroid dienone is 1. The van der Waals surface area contributed by atoms with Gasteiger partial charge >= 0.3 is 0 Å². The van der Waals surface area contributed by atoms with Gasteiger partial charge in [-0.3, -0.25) is 9.59 Å². The van der Waals surface area contributed by atoms with Crippen molar-refractivity contribution in [3.63, 3.8) is 0 Å². The molecule has 2 aliphatic heterocycles. The van der Waals surface area contributed by atoms with Crippen molar-refractivity contribution in [3.05, 3.63) is 41.1 Å². The summed E-state index contributed by atoms with van der Waals surface area (Å²) in [6, 6.07) is 1.98. The number of nitrogens with zero attached hydrogens (tertiary/aromatic N) is 2. The number of carbonyl (C=O) groups excluding carboxylic acids is 2. The van der Waals surface area contributed by atoms with E-state index in [0.29, 0.717) is 37.7 Å². The molecule has 0 bridgehead atoms. The molecule has 1 aliphatic carbocycles. The number of likely N-dealkylation sites (tertiary alicyclic amines) is 1. The van der Waals surface area contributed by atoms with Gasteiger partial charge in [-0.2, -0.15) is 0 Å². The second kappa shape index (κ2) is 6.36. The monoisotopic (exact) mass is 352 g/mol. The predicted molar refractivity (Wildman–Crippen MR) is 100 cm³/mol. The molecule has 0 spiro atoms. The van der Waals surface area contributed by atoms with Crippen molar-refractivity contribution in [2.75, 3.05) is 18.4 Å². The lowest BCUT2D eigenvalue weighted by Crippen LogP contribution is -2.44. The Morgan fingerprint density at radius 3 is 3.12 bits per heavy atom. The van der Waals surface area contributed by atoms with Crippen molar-refractivity contribution in [2.24, 2.45) is 11.7 Å². The molecule has 6 heteroatoms. The maximum Gasteiger partial charge on any atom is 0.246 e. The summed E-state index contributed by atoms with van der Waals surface area (Å²) in [5.41, 5.74) is 9.43. The van der Waals surface area contributed by atoms with E-state index >= 15 is 0 Å². The van der Waals surface area contributed by atoms with Crippen LogP contribution in [0.4, 0.5) is 5.82 Å². The van der Waals surface area contributed by atoms with E-state index in [-0.39, 0.29) is 17.4 Å². The molecule has 0 radical (unpaired) electrons. The van der Waals surface area contributed by atoms with Crippen LogP contribution in [0.3, 0.4) is 0 Å². The van der Waals surface area contributed by atoms with Crippen LogP contribution < -0.4 is 11.1 Å². The second-order valence-corrected chi connectivity index (χ2v) is 7.55. The van der Waals surface area contributed by atoms with Gasteiger partial charge in [-0.15, -0.1) is 0 Å². The average molecular weight is 352 g/mol. The van der Waals surface area contributed by atoms with E-state index in [9.17, 15) is 9.59 Å². The maximum absolute atomic E-state index is 12.6. The third kappa shape index (κ3) is 3.05. The van der Waals surface area contributed by atoms with Crippen LogP contribution in [0.15, 0.2) is 30.0 Å². The fourth-order valence-electron chi connectivity index (χ4n) is 4.19. The van der Waals surface area contributed by atoms with Crippen LogP contribution in [-0.2, 0) is 16.0 Å². The number of fused-ring (bicyclic) bond motifs is 2. The third-order valence-corrected chi connectivity index (χ3v) is 5.70. The first-order valence-corrected chi connectivity index (χ1v) is 9.22. The lowest BCUT2D eigenvalue weighted by Gasteiger charge is -2.20. The summed E-state index contributed by atoms with van der Waals surface area (Å²) in [5.74, 6) is 0.949. The minimum absolute atomic E-state index is 0.000884. The zero-order valence-electron chi connectivity index (χ0n) is 15.0. The van der Waals surface area contributed by atoms with Gasteiger partial charge in [-0.1, -0.05) is 18.6 Å². The number of anilines is 1. The fraction of sp³-hybridized carbons (Fsp3) is 0.450. The van der Waals surface area contributed by atoms with Crippen LogP contribution in [-0.4, -0.2) is 40.3 Å². The van der Waals surface area contributed by atoms with E-state index in [1.54, 1.807) is 18.3 Å². The van der Waals surface area contributed by atoms with Crippen LogP contribution in [0.5, 0.6) is 0 Å². The van der Waals surface area contributed by atoms with Crippen LogP contribution in [0.2, 0.25) is 0 Å². The quantitative estimate of drug-likeness (QED) is 0.642. The molecule has 3 heterocycles. The molecule has 0 saturated carbocycles. The van der Waals surface area contributed by atoms with Crippen molar-refractivity contribution in [1.82, 2.24) is 9.88 Å². The van der Waals surface area contributed by atoms with E-state index in [1.807, 2.05) is 11.0 Å². The third-order valence-electron chi connectivity index (χ3n) is 5.70. The minimum Gasteiger partial charge on any atom is -0.337 e. The summed E-state index contributed by atoms with van der Waals surface area (Å²) >= 11 is 0. The SMILES string of the molecule is CCC1=CC2(N)CN(C(=O)/C=C/c3cnc4c(c3)CCC(=O)N4)CC2C1. The van der Waals surface area contributed by atoms with Gasteiger partial charge in [0.1, 0.15) is 5.82 Å². The molecule has 2 atom stereocenters. The highest BCUT2D eigenvalue weighted by Gasteiger charge is 2.46. The summed E-state index contributed by atoms with van der Waals surface area (Å²) in [7, 11) is 0. The number of amides is 2. The van der Waals surface area contributed by atoms with Gasteiger partial charge in [0, 0.05) is 37.7 Å². The van der Waals surface area contributed by atoms with Crippen molar-refractivity contribution in [3.8, 4) is 0 Å². The highest BCUT2D eigenvalue weighted by Crippen LogP contribution is 2.39. The Hall–Kier alpha value is -2.47. The van der Waals surface area contributed by atoms with Gasteiger partial charge in [0.25, 0.3) is 0 Å². The molecule has 2 amide bonds. The molecule has 136 valence electrons. The maximum atomic E-state index is 12.6. The van der Waals surface area contributed by atoms with Crippen LogP contribution in [0, 0.1) is 5.92 Å². The molecule has 26 heavy (non-hydrogen) atoms. The number of rotatable bonds is 3. The summed E-state index contributed by atoms with van der Waals surface area (Å²) < 4.78 is 0. The molecule has 1 saturated heterocycles. The molecule has 0 aromatic carbocycles. The first kappa shape index (κ1) is 17.0. The molecular weight excluding hydrogens is 328 g/mol. The number of aryl methyl sites for hydroxylation is 1. The Bertz CT molecular complexity index is 829. The summed E-state index contributed by atoms with van der Waals surface area (Å²) in [6.07, 6.45) is 10.4. The van der Waals surface area contributed by atoms with Crippen molar-refractivity contribution in [2.45, 2.75) is 38.1 Å². The zero-order valence-corrected chi connectivity index (χ0v) is 15.0. The Balaban J connectivity index is 1.43.